The molecule has 2 aromatic carbocycles. The minimum Gasteiger partial charge on any atom is -0.352 e. The third-order valence-corrected chi connectivity index (χ3v) is 6.14. The zero-order valence-corrected chi connectivity index (χ0v) is 18.9. The van der Waals surface area contributed by atoms with Crippen molar-refractivity contribution >= 4 is 39.3 Å². The van der Waals surface area contributed by atoms with E-state index in [1.54, 1.807) is 24.0 Å². The van der Waals surface area contributed by atoms with Crippen LogP contribution in [0.5, 0.6) is 0 Å². The van der Waals surface area contributed by atoms with Gasteiger partial charge in [-0.3, -0.25) is 9.59 Å². The smallest absolute Gasteiger partial charge is 0.242 e. The highest BCUT2D eigenvalue weighted by Gasteiger charge is 2.28. The molecule has 3 rings (SSSR count). The zero-order valence-electron chi connectivity index (χ0n) is 16.5. The average Bonchev–Trinajstić information content (AvgIpc) is 3.20. The van der Waals surface area contributed by atoms with Crippen molar-refractivity contribution < 1.29 is 9.59 Å². The van der Waals surface area contributed by atoms with E-state index in [1.807, 2.05) is 36.4 Å². The summed E-state index contributed by atoms with van der Waals surface area (Å²) in [6.45, 7) is 2.19. The number of benzene rings is 2. The van der Waals surface area contributed by atoms with Crippen molar-refractivity contribution in [1.29, 1.82) is 0 Å². The van der Waals surface area contributed by atoms with E-state index < -0.39 is 6.04 Å². The van der Waals surface area contributed by atoms with Crippen LogP contribution in [0, 0.1) is 0 Å². The van der Waals surface area contributed by atoms with E-state index >= 15 is 0 Å². The SMILES string of the molecule is C[C@@H](C(=O)NC1CCCC1)N(Cc1ccc(Br)cc1)C(=O)Cc1cccc(Cl)c1. The van der Waals surface area contributed by atoms with Crippen molar-refractivity contribution in [3.8, 4) is 0 Å². The number of rotatable bonds is 7. The lowest BCUT2D eigenvalue weighted by Gasteiger charge is -2.30. The fraction of sp³-hybridized carbons (Fsp3) is 0.391. The molecular formula is C23H26BrClN2O2. The zero-order chi connectivity index (χ0) is 20.8. The van der Waals surface area contributed by atoms with Crippen LogP contribution in [0.25, 0.3) is 0 Å². The highest BCUT2D eigenvalue weighted by molar-refractivity contribution is 9.10. The third-order valence-electron chi connectivity index (χ3n) is 5.38. The highest BCUT2D eigenvalue weighted by Crippen LogP contribution is 2.20. The number of halogens is 2. The Morgan fingerprint density at radius 1 is 1.14 bits per heavy atom. The third kappa shape index (κ3) is 6.31. The van der Waals surface area contributed by atoms with Gasteiger partial charge in [-0.2, -0.15) is 0 Å². The van der Waals surface area contributed by atoms with Crippen LogP contribution in [0.1, 0.15) is 43.7 Å². The van der Waals surface area contributed by atoms with Gasteiger partial charge in [0.15, 0.2) is 0 Å². The Hall–Kier alpha value is -1.85. The molecule has 6 heteroatoms. The Morgan fingerprint density at radius 2 is 1.83 bits per heavy atom. The van der Waals surface area contributed by atoms with Gasteiger partial charge in [0.2, 0.25) is 11.8 Å². The second-order valence-electron chi connectivity index (χ2n) is 7.62. The van der Waals surface area contributed by atoms with Crippen molar-refractivity contribution in [2.75, 3.05) is 0 Å². The fourth-order valence-corrected chi connectivity index (χ4v) is 4.16. The molecule has 29 heavy (non-hydrogen) atoms. The van der Waals surface area contributed by atoms with E-state index in [0.717, 1.165) is 41.3 Å². The van der Waals surface area contributed by atoms with Crippen LogP contribution in [0.4, 0.5) is 0 Å². The van der Waals surface area contributed by atoms with Crippen molar-refractivity contribution in [3.05, 3.63) is 69.2 Å². The summed E-state index contributed by atoms with van der Waals surface area (Å²) < 4.78 is 0.977. The van der Waals surface area contributed by atoms with Gasteiger partial charge in [0, 0.05) is 22.1 Å². The summed E-state index contributed by atoms with van der Waals surface area (Å²) >= 11 is 9.50. The van der Waals surface area contributed by atoms with Crippen molar-refractivity contribution in [1.82, 2.24) is 10.2 Å². The standard InChI is InChI=1S/C23H26BrClN2O2/c1-16(23(29)26-21-7-2-3-8-21)27(15-17-9-11-19(24)12-10-17)22(28)14-18-5-4-6-20(25)13-18/h4-6,9-13,16,21H,2-3,7-8,14-15H2,1H3,(H,26,29)/t16-/m0/s1. The van der Waals surface area contributed by atoms with Gasteiger partial charge >= 0.3 is 0 Å². The molecule has 154 valence electrons. The Kier molecular flexibility index (Phi) is 7.73. The first-order chi connectivity index (χ1) is 13.9. The summed E-state index contributed by atoms with van der Waals surface area (Å²) in [5.74, 6) is -0.183. The predicted octanol–water partition coefficient (Wildman–Crippen LogP) is 5.12. The van der Waals surface area contributed by atoms with Gasteiger partial charge in [-0.1, -0.05) is 64.6 Å². The molecule has 0 aromatic heterocycles. The number of carbonyl (C=O) groups excluding carboxylic acids is 2. The quantitative estimate of drug-likeness (QED) is 0.601. The van der Waals surface area contributed by atoms with Crippen LogP contribution in [-0.4, -0.2) is 28.8 Å². The molecule has 1 saturated carbocycles. The molecule has 0 unspecified atom stereocenters. The summed E-state index contributed by atoms with van der Waals surface area (Å²) in [6.07, 6.45) is 4.53. The van der Waals surface area contributed by atoms with E-state index in [-0.39, 0.29) is 24.3 Å². The maximum absolute atomic E-state index is 13.2. The Morgan fingerprint density at radius 3 is 2.48 bits per heavy atom. The van der Waals surface area contributed by atoms with Gasteiger partial charge in [0.05, 0.1) is 6.42 Å². The maximum atomic E-state index is 13.2. The summed E-state index contributed by atoms with van der Waals surface area (Å²) in [4.78, 5) is 27.7. The normalized spacial score (nSPS) is 15.1. The highest BCUT2D eigenvalue weighted by atomic mass is 79.9. The molecule has 0 heterocycles. The summed E-state index contributed by atoms with van der Waals surface area (Å²) in [5, 5.41) is 3.72. The monoisotopic (exact) mass is 476 g/mol. The van der Waals surface area contributed by atoms with E-state index in [9.17, 15) is 9.59 Å². The van der Waals surface area contributed by atoms with Gasteiger partial charge in [-0.15, -0.1) is 0 Å². The van der Waals surface area contributed by atoms with Gasteiger partial charge in [0.1, 0.15) is 6.04 Å². The van der Waals surface area contributed by atoms with Gasteiger partial charge < -0.3 is 10.2 Å². The van der Waals surface area contributed by atoms with E-state index in [4.69, 9.17) is 11.6 Å². The second kappa shape index (κ2) is 10.3. The minimum atomic E-state index is -0.550. The number of nitrogens with zero attached hydrogens (tertiary/aromatic N) is 1. The van der Waals surface area contributed by atoms with E-state index in [2.05, 4.69) is 21.2 Å². The van der Waals surface area contributed by atoms with Crippen LogP contribution >= 0.6 is 27.5 Å². The largest absolute Gasteiger partial charge is 0.352 e. The Labute approximate surface area is 185 Å². The maximum Gasteiger partial charge on any atom is 0.242 e. The lowest BCUT2D eigenvalue weighted by Crippen LogP contribution is -2.50. The predicted molar refractivity (Wildman–Crippen MR) is 120 cm³/mol. The summed E-state index contributed by atoms with van der Waals surface area (Å²) in [7, 11) is 0. The second-order valence-corrected chi connectivity index (χ2v) is 8.97. The molecular weight excluding hydrogens is 452 g/mol. The Balaban J connectivity index is 1.76. The van der Waals surface area contributed by atoms with Crippen LogP contribution in [-0.2, 0) is 22.6 Å². The van der Waals surface area contributed by atoms with Crippen LogP contribution in [0.3, 0.4) is 0 Å². The van der Waals surface area contributed by atoms with E-state index in [1.165, 1.54) is 0 Å². The molecule has 0 radical (unpaired) electrons. The van der Waals surface area contributed by atoms with Crippen molar-refractivity contribution in [3.63, 3.8) is 0 Å². The summed E-state index contributed by atoms with van der Waals surface area (Å²) in [5.41, 5.74) is 1.82. The minimum absolute atomic E-state index is 0.0894. The molecule has 1 fully saturated rings. The molecule has 0 saturated heterocycles. The van der Waals surface area contributed by atoms with E-state index in [0.29, 0.717) is 11.6 Å². The lowest BCUT2D eigenvalue weighted by atomic mass is 10.1. The van der Waals surface area contributed by atoms with Crippen LogP contribution in [0.2, 0.25) is 5.02 Å². The molecule has 2 amide bonds. The van der Waals surface area contributed by atoms with Gasteiger partial charge in [-0.05, 0) is 55.2 Å². The molecule has 1 N–H and O–H groups in total. The number of hydrogen-bond donors (Lipinski definition) is 1. The molecule has 1 aliphatic rings. The summed E-state index contributed by atoms with van der Waals surface area (Å²) in [6, 6.07) is 14.8. The topological polar surface area (TPSA) is 49.4 Å². The van der Waals surface area contributed by atoms with Crippen molar-refractivity contribution in [2.24, 2.45) is 0 Å². The van der Waals surface area contributed by atoms with Crippen molar-refractivity contribution in [2.45, 2.75) is 57.7 Å². The molecule has 0 spiro atoms. The van der Waals surface area contributed by atoms with Crippen LogP contribution < -0.4 is 5.32 Å². The first-order valence-electron chi connectivity index (χ1n) is 10.0. The number of amides is 2. The first kappa shape index (κ1) is 21.8. The average molecular weight is 478 g/mol. The van der Waals surface area contributed by atoms with Crippen LogP contribution in [0.15, 0.2) is 53.0 Å². The first-order valence-corrected chi connectivity index (χ1v) is 11.2. The number of carbonyl (C=O) groups is 2. The molecule has 4 nitrogen and oxygen atoms in total. The van der Waals surface area contributed by atoms with Gasteiger partial charge in [0.25, 0.3) is 0 Å². The lowest BCUT2D eigenvalue weighted by molar-refractivity contribution is -0.140. The Bertz CT molecular complexity index is 850. The molecule has 1 atom stereocenters. The number of hydrogen-bond acceptors (Lipinski definition) is 2. The fourth-order valence-electron chi connectivity index (χ4n) is 3.68. The molecule has 0 aliphatic heterocycles. The molecule has 2 aromatic rings. The molecule has 0 bridgehead atoms. The molecule has 1 aliphatic carbocycles. The van der Waals surface area contributed by atoms with Gasteiger partial charge in [-0.25, -0.2) is 0 Å². The number of nitrogens with one attached hydrogen (secondary N) is 1.